The smallest absolute Gasteiger partial charge is 0.273 e. The van der Waals surface area contributed by atoms with Gasteiger partial charge in [0.1, 0.15) is 9.96 Å². The van der Waals surface area contributed by atoms with E-state index in [-0.39, 0.29) is 22.8 Å². The highest BCUT2D eigenvalue weighted by atomic mass is 32.2. The van der Waals surface area contributed by atoms with Crippen molar-refractivity contribution in [1.29, 1.82) is 0 Å². The molecule has 0 aliphatic rings. The first kappa shape index (κ1) is 20.4. The van der Waals surface area contributed by atoms with E-state index in [1.54, 1.807) is 53.1 Å². The van der Waals surface area contributed by atoms with Crippen LogP contribution in [0.15, 0.2) is 63.5 Å². The van der Waals surface area contributed by atoms with Crippen molar-refractivity contribution in [2.24, 2.45) is 0 Å². The lowest BCUT2D eigenvalue weighted by Gasteiger charge is -2.19. The van der Waals surface area contributed by atoms with Gasteiger partial charge in [-0.1, -0.05) is 12.1 Å². The minimum Gasteiger partial charge on any atom is -0.484 e. The van der Waals surface area contributed by atoms with Crippen LogP contribution in [-0.4, -0.2) is 28.0 Å². The molecule has 0 saturated carbocycles. The molecule has 1 atom stereocenters. The maximum absolute atomic E-state index is 12.5. The molecule has 2 heterocycles. The Morgan fingerprint density at radius 2 is 1.79 bits per heavy atom. The molecule has 1 N–H and O–H groups in total. The Hall–Kier alpha value is -2.36. The SMILES string of the molecule is C[C@@H](NC(=O)COc1ccc(N(C)S(=O)(=O)c2cccs2)cc1)c1cccs1. The fourth-order valence-electron chi connectivity index (χ4n) is 2.48. The largest absolute Gasteiger partial charge is 0.484 e. The van der Waals surface area contributed by atoms with Gasteiger partial charge in [-0.2, -0.15) is 0 Å². The number of thiophene rings is 2. The molecule has 28 heavy (non-hydrogen) atoms. The molecular weight excluding hydrogens is 416 g/mol. The summed E-state index contributed by atoms with van der Waals surface area (Å²) in [7, 11) is -2.07. The van der Waals surface area contributed by atoms with Gasteiger partial charge in [0, 0.05) is 11.9 Å². The number of benzene rings is 1. The van der Waals surface area contributed by atoms with Crippen molar-refractivity contribution in [3.8, 4) is 5.75 Å². The number of amides is 1. The van der Waals surface area contributed by atoms with E-state index in [0.717, 1.165) is 4.88 Å². The number of hydrogen-bond acceptors (Lipinski definition) is 6. The molecule has 0 spiro atoms. The zero-order chi connectivity index (χ0) is 20.1. The van der Waals surface area contributed by atoms with Gasteiger partial charge in [0.15, 0.2) is 6.61 Å². The van der Waals surface area contributed by atoms with E-state index in [1.807, 2.05) is 24.4 Å². The molecule has 3 rings (SSSR count). The normalized spacial score (nSPS) is 12.4. The third kappa shape index (κ3) is 4.73. The molecule has 148 valence electrons. The number of rotatable bonds is 8. The van der Waals surface area contributed by atoms with E-state index in [4.69, 9.17) is 4.74 Å². The van der Waals surface area contributed by atoms with E-state index >= 15 is 0 Å². The molecule has 2 aromatic heterocycles. The Bertz CT molecular complexity index is 998. The minimum atomic E-state index is -3.57. The topological polar surface area (TPSA) is 75.7 Å². The lowest BCUT2D eigenvalue weighted by atomic mass is 10.3. The molecule has 0 saturated heterocycles. The molecule has 0 bridgehead atoms. The van der Waals surface area contributed by atoms with E-state index in [9.17, 15) is 13.2 Å². The molecule has 3 aromatic rings. The van der Waals surface area contributed by atoms with Crippen LogP contribution in [0.4, 0.5) is 5.69 Å². The van der Waals surface area contributed by atoms with E-state index in [0.29, 0.717) is 11.4 Å². The predicted octanol–water partition coefficient (Wildman–Crippen LogP) is 3.89. The van der Waals surface area contributed by atoms with Crippen molar-refractivity contribution in [2.75, 3.05) is 18.0 Å². The Balaban J connectivity index is 1.56. The molecule has 6 nitrogen and oxygen atoms in total. The van der Waals surface area contributed by atoms with Crippen molar-refractivity contribution < 1.29 is 17.9 Å². The van der Waals surface area contributed by atoms with Gasteiger partial charge in [-0.3, -0.25) is 9.10 Å². The van der Waals surface area contributed by atoms with Gasteiger partial charge in [-0.15, -0.1) is 22.7 Å². The summed E-state index contributed by atoms with van der Waals surface area (Å²) in [4.78, 5) is 13.1. The van der Waals surface area contributed by atoms with Gasteiger partial charge >= 0.3 is 0 Å². The van der Waals surface area contributed by atoms with Crippen LogP contribution < -0.4 is 14.4 Å². The van der Waals surface area contributed by atoms with Crippen LogP contribution in [0.3, 0.4) is 0 Å². The number of carbonyl (C=O) groups excluding carboxylic acids is 1. The number of anilines is 1. The molecular formula is C19H20N2O4S3. The number of carbonyl (C=O) groups is 1. The first-order valence-electron chi connectivity index (χ1n) is 8.46. The summed E-state index contributed by atoms with van der Waals surface area (Å²) in [6.07, 6.45) is 0. The quantitative estimate of drug-likeness (QED) is 0.581. The molecule has 1 aromatic carbocycles. The Kier molecular flexibility index (Phi) is 6.38. The summed E-state index contributed by atoms with van der Waals surface area (Å²) >= 11 is 2.76. The molecule has 0 aliphatic carbocycles. The van der Waals surface area contributed by atoms with Crippen LogP contribution >= 0.6 is 22.7 Å². The van der Waals surface area contributed by atoms with Crippen LogP contribution in [0, 0.1) is 0 Å². The van der Waals surface area contributed by atoms with Crippen LogP contribution in [0.2, 0.25) is 0 Å². The number of nitrogens with one attached hydrogen (secondary N) is 1. The summed E-state index contributed by atoms with van der Waals surface area (Å²) in [5, 5.41) is 6.57. The molecule has 0 aliphatic heterocycles. The third-order valence-electron chi connectivity index (χ3n) is 4.03. The second-order valence-electron chi connectivity index (χ2n) is 5.99. The number of ether oxygens (including phenoxy) is 1. The summed E-state index contributed by atoms with van der Waals surface area (Å²) in [6.45, 7) is 1.81. The zero-order valence-electron chi connectivity index (χ0n) is 15.4. The third-order valence-corrected chi connectivity index (χ3v) is 8.24. The fourth-order valence-corrected chi connectivity index (χ4v) is 5.57. The van der Waals surface area contributed by atoms with E-state index in [1.165, 1.54) is 22.7 Å². The first-order valence-corrected chi connectivity index (χ1v) is 11.7. The summed E-state index contributed by atoms with van der Waals surface area (Å²) in [6, 6.07) is 13.7. The van der Waals surface area contributed by atoms with Gasteiger partial charge in [0.2, 0.25) is 0 Å². The van der Waals surface area contributed by atoms with Crippen molar-refractivity contribution in [1.82, 2.24) is 5.32 Å². The fraction of sp³-hybridized carbons (Fsp3) is 0.211. The number of hydrogen-bond donors (Lipinski definition) is 1. The standard InChI is InChI=1S/C19H20N2O4S3/c1-14(17-5-3-11-26-17)20-18(22)13-25-16-9-7-15(8-10-16)21(2)28(23,24)19-6-4-12-27-19/h3-12,14H,13H2,1-2H3,(H,20,22)/t14-/m1/s1. The summed E-state index contributed by atoms with van der Waals surface area (Å²) in [5.41, 5.74) is 0.511. The highest BCUT2D eigenvalue weighted by Gasteiger charge is 2.22. The maximum Gasteiger partial charge on any atom is 0.273 e. The van der Waals surface area contributed by atoms with Crippen LogP contribution in [0.5, 0.6) is 5.75 Å². The van der Waals surface area contributed by atoms with Gasteiger partial charge in [0.25, 0.3) is 15.9 Å². The maximum atomic E-state index is 12.5. The van der Waals surface area contributed by atoms with Crippen molar-refractivity contribution in [3.63, 3.8) is 0 Å². The summed E-state index contributed by atoms with van der Waals surface area (Å²) in [5.74, 6) is 0.270. The minimum absolute atomic E-state index is 0.0745. The lowest BCUT2D eigenvalue weighted by Crippen LogP contribution is -2.30. The van der Waals surface area contributed by atoms with Gasteiger partial charge in [-0.25, -0.2) is 8.42 Å². The highest BCUT2D eigenvalue weighted by Crippen LogP contribution is 2.26. The predicted molar refractivity (Wildman–Crippen MR) is 113 cm³/mol. The molecule has 0 radical (unpaired) electrons. The van der Waals surface area contributed by atoms with E-state index in [2.05, 4.69) is 5.32 Å². The second-order valence-corrected chi connectivity index (χ2v) is 10.1. The monoisotopic (exact) mass is 436 g/mol. The molecule has 0 unspecified atom stereocenters. The first-order chi connectivity index (χ1) is 13.4. The van der Waals surface area contributed by atoms with Crippen molar-refractivity contribution in [2.45, 2.75) is 17.2 Å². The van der Waals surface area contributed by atoms with Crippen LogP contribution in [0.25, 0.3) is 0 Å². The molecule has 1 amide bonds. The second kappa shape index (κ2) is 8.76. The van der Waals surface area contributed by atoms with Gasteiger partial charge in [-0.05, 0) is 54.1 Å². The molecule has 0 fully saturated rings. The lowest BCUT2D eigenvalue weighted by molar-refractivity contribution is -0.123. The number of nitrogens with zero attached hydrogens (tertiary/aromatic N) is 1. The Morgan fingerprint density at radius 3 is 2.39 bits per heavy atom. The number of sulfonamides is 1. The van der Waals surface area contributed by atoms with Crippen molar-refractivity contribution in [3.05, 3.63) is 64.2 Å². The van der Waals surface area contributed by atoms with Crippen LogP contribution in [-0.2, 0) is 14.8 Å². The van der Waals surface area contributed by atoms with Gasteiger partial charge in [0.05, 0.1) is 11.7 Å². The van der Waals surface area contributed by atoms with E-state index < -0.39 is 10.0 Å². The van der Waals surface area contributed by atoms with Crippen LogP contribution in [0.1, 0.15) is 17.8 Å². The molecule has 9 heteroatoms. The highest BCUT2D eigenvalue weighted by molar-refractivity contribution is 7.94. The Morgan fingerprint density at radius 1 is 1.11 bits per heavy atom. The van der Waals surface area contributed by atoms with Crippen molar-refractivity contribution >= 4 is 44.3 Å². The average molecular weight is 437 g/mol. The summed E-state index contributed by atoms with van der Waals surface area (Å²) < 4.78 is 32.1. The van der Waals surface area contributed by atoms with Gasteiger partial charge < -0.3 is 10.1 Å². The zero-order valence-corrected chi connectivity index (χ0v) is 17.8. The Labute approximate surface area is 172 Å². The average Bonchev–Trinajstić information content (AvgIpc) is 3.40.